The second-order valence-corrected chi connectivity index (χ2v) is 11.7. The Morgan fingerprint density at radius 2 is 1.54 bits per heavy atom. The molecule has 3 atom stereocenters. The van der Waals surface area contributed by atoms with Crippen molar-refractivity contribution in [2.45, 2.75) is 63.1 Å². The minimum atomic E-state index is -3.82. The fraction of sp³-hybridized carbons (Fsp3) is 0.379. The maximum absolute atomic E-state index is 13.4. The van der Waals surface area contributed by atoms with Gasteiger partial charge in [-0.15, -0.1) is 0 Å². The summed E-state index contributed by atoms with van der Waals surface area (Å²) in [6.07, 6.45) is 3.30. The van der Waals surface area contributed by atoms with Crippen molar-refractivity contribution in [2.75, 3.05) is 13.1 Å². The average Bonchev–Trinajstić information content (AvgIpc) is 2.89. The predicted octanol–water partition coefficient (Wildman–Crippen LogP) is 4.38. The highest BCUT2D eigenvalue weighted by atomic mass is 32.2. The van der Waals surface area contributed by atoms with Gasteiger partial charge in [-0.1, -0.05) is 55.0 Å². The molecule has 37 heavy (non-hydrogen) atoms. The van der Waals surface area contributed by atoms with E-state index in [4.69, 9.17) is 0 Å². The molecule has 1 amide bonds. The van der Waals surface area contributed by atoms with E-state index in [9.17, 15) is 18.0 Å². The molecule has 1 fully saturated rings. The number of hydrogen-bond donors (Lipinski definition) is 2. The smallest absolute Gasteiger partial charge is 0.251 e. The molecule has 4 rings (SSSR count). The van der Waals surface area contributed by atoms with Crippen LogP contribution in [0.4, 0.5) is 0 Å². The fourth-order valence-corrected chi connectivity index (χ4v) is 6.40. The Kier molecular flexibility index (Phi) is 8.42. The minimum absolute atomic E-state index is 0.0543. The summed E-state index contributed by atoms with van der Waals surface area (Å²) < 4.78 is 29.5. The standard InChI is InChI=1S/C29H35N3O4S/c1-20-8-6-9-21(2)32(20)19-26(31-29(34)25-16-14-23(15-17-25)22(3)33)18-30-37(35,36)28-13-7-11-24-10-4-5-12-27(24)28/h4-5,7,10-17,20-21,26,30H,6,8-9,18-19H2,1-3H3,(H,31,34)/t20-,21+,26-/m0/s1. The Morgan fingerprint density at radius 3 is 2.22 bits per heavy atom. The first-order chi connectivity index (χ1) is 17.7. The van der Waals surface area contributed by atoms with Crippen LogP contribution in [0.1, 0.15) is 60.7 Å². The molecule has 0 unspecified atom stereocenters. The first-order valence-electron chi connectivity index (χ1n) is 12.8. The summed E-state index contributed by atoms with van der Waals surface area (Å²) in [5, 5.41) is 4.54. The minimum Gasteiger partial charge on any atom is -0.347 e. The number of nitrogens with one attached hydrogen (secondary N) is 2. The van der Waals surface area contributed by atoms with Crippen LogP contribution in [0.15, 0.2) is 71.6 Å². The third-order valence-corrected chi connectivity index (χ3v) is 8.74. The number of fused-ring (bicyclic) bond motifs is 1. The molecule has 7 nitrogen and oxygen atoms in total. The van der Waals surface area contributed by atoms with Gasteiger partial charge in [-0.3, -0.25) is 14.5 Å². The zero-order valence-corrected chi connectivity index (χ0v) is 22.4. The maximum atomic E-state index is 13.4. The first-order valence-corrected chi connectivity index (χ1v) is 14.3. The molecule has 8 heteroatoms. The van der Waals surface area contributed by atoms with Crippen LogP contribution in [0, 0.1) is 0 Å². The zero-order chi connectivity index (χ0) is 26.6. The number of sulfonamides is 1. The number of hydrogen-bond acceptors (Lipinski definition) is 5. The Balaban J connectivity index is 1.55. The molecule has 0 aromatic heterocycles. The lowest BCUT2D eigenvalue weighted by Crippen LogP contribution is -2.54. The van der Waals surface area contributed by atoms with Crippen molar-refractivity contribution in [2.24, 2.45) is 0 Å². The van der Waals surface area contributed by atoms with E-state index >= 15 is 0 Å². The van der Waals surface area contributed by atoms with E-state index in [1.165, 1.54) is 6.92 Å². The van der Waals surface area contributed by atoms with Gasteiger partial charge in [0.05, 0.1) is 10.9 Å². The topological polar surface area (TPSA) is 95.6 Å². The number of likely N-dealkylation sites (tertiary alicyclic amines) is 1. The number of amides is 1. The number of ketones is 1. The lowest BCUT2D eigenvalue weighted by molar-refractivity contribution is 0.0798. The summed E-state index contributed by atoms with van der Waals surface area (Å²) in [5.41, 5.74) is 0.957. The van der Waals surface area contributed by atoms with Crippen molar-refractivity contribution in [1.82, 2.24) is 14.9 Å². The highest BCUT2D eigenvalue weighted by molar-refractivity contribution is 7.89. The number of Topliss-reactive ketones (excluding diaryl/α,β-unsaturated/α-hetero) is 1. The molecule has 196 valence electrons. The lowest BCUT2D eigenvalue weighted by atomic mass is 9.97. The van der Waals surface area contributed by atoms with Crippen molar-refractivity contribution in [3.8, 4) is 0 Å². The number of piperidine rings is 1. The molecular weight excluding hydrogens is 486 g/mol. The van der Waals surface area contributed by atoms with Gasteiger partial charge >= 0.3 is 0 Å². The van der Waals surface area contributed by atoms with Gasteiger partial charge in [-0.05, 0) is 57.2 Å². The number of nitrogens with zero attached hydrogens (tertiary/aromatic N) is 1. The van der Waals surface area contributed by atoms with Crippen LogP contribution >= 0.6 is 0 Å². The first kappa shape index (κ1) is 27.0. The van der Waals surface area contributed by atoms with Gasteiger partial charge in [0.2, 0.25) is 10.0 Å². The lowest BCUT2D eigenvalue weighted by Gasteiger charge is -2.41. The Morgan fingerprint density at radius 1 is 0.919 bits per heavy atom. The van der Waals surface area contributed by atoms with Crippen molar-refractivity contribution in [3.63, 3.8) is 0 Å². The molecule has 1 saturated heterocycles. The van der Waals surface area contributed by atoms with Crippen molar-refractivity contribution < 1.29 is 18.0 Å². The van der Waals surface area contributed by atoms with Crippen LogP contribution in [0.2, 0.25) is 0 Å². The molecule has 2 N–H and O–H groups in total. The van der Waals surface area contributed by atoms with E-state index in [-0.39, 0.29) is 23.1 Å². The summed E-state index contributed by atoms with van der Waals surface area (Å²) in [5.74, 6) is -0.373. The highest BCUT2D eigenvalue weighted by Gasteiger charge is 2.29. The third-order valence-electron chi connectivity index (χ3n) is 7.26. The predicted molar refractivity (Wildman–Crippen MR) is 146 cm³/mol. The second-order valence-electron chi connectivity index (χ2n) is 9.96. The van der Waals surface area contributed by atoms with E-state index < -0.39 is 16.1 Å². The quantitative estimate of drug-likeness (QED) is 0.408. The SMILES string of the molecule is CC(=O)c1ccc(C(=O)N[C@@H](CNS(=O)(=O)c2cccc3ccccc23)CN2[C@H](C)CCC[C@@H]2C)cc1. The number of benzene rings is 3. The van der Waals surface area contributed by atoms with E-state index in [1.54, 1.807) is 42.5 Å². The van der Waals surface area contributed by atoms with Crippen LogP contribution in [0.3, 0.4) is 0 Å². The van der Waals surface area contributed by atoms with Crippen LogP contribution in [0.25, 0.3) is 10.8 Å². The molecule has 3 aromatic carbocycles. The van der Waals surface area contributed by atoms with Gasteiger partial charge in [-0.2, -0.15) is 0 Å². The van der Waals surface area contributed by atoms with Gasteiger partial charge in [0, 0.05) is 41.7 Å². The third kappa shape index (κ3) is 6.44. The molecule has 1 aliphatic heterocycles. The largest absolute Gasteiger partial charge is 0.347 e. The molecule has 1 heterocycles. The van der Waals surface area contributed by atoms with Gasteiger partial charge in [0.1, 0.15) is 0 Å². The van der Waals surface area contributed by atoms with Gasteiger partial charge in [0.25, 0.3) is 5.91 Å². The van der Waals surface area contributed by atoms with Crippen LogP contribution in [-0.4, -0.2) is 56.2 Å². The molecule has 0 aliphatic carbocycles. The molecule has 3 aromatic rings. The van der Waals surface area contributed by atoms with E-state index in [1.807, 2.05) is 24.3 Å². The van der Waals surface area contributed by atoms with Crippen molar-refractivity contribution in [3.05, 3.63) is 77.9 Å². The summed E-state index contributed by atoms with van der Waals surface area (Å²) in [6.45, 7) is 6.41. The monoisotopic (exact) mass is 521 g/mol. The van der Waals surface area contributed by atoms with E-state index in [0.29, 0.717) is 35.1 Å². The van der Waals surface area contributed by atoms with Crippen LogP contribution in [-0.2, 0) is 10.0 Å². The highest BCUT2D eigenvalue weighted by Crippen LogP contribution is 2.24. The van der Waals surface area contributed by atoms with Crippen molar-refractivity contribution >= 4 is 32.5 Å². The molecule has 1 aliphatic rings. The normalized spacial score (nSPS) is 19.4. The molecule has 0 bridgehead atoms. The number of carbonyl (C=O) groups excluding carboxylic acids is 2. The van der Waals surface area contributed by atoms with Crippen LogP contribution in [0.5, 0.6) is 0 Å². The average molecular weight is 522 g/mol. The summed E-state index contributed by atoms with van der Waals surface area (Å²) in [7, 11) is -3.82. The van der Waals surface area contributed by atoms with Gasteiger partial charge < -0.3 is 5.32 Å². The van der Waals surface area contributed by atoms with Gasteiger partial charge in [0.15, 0.2) is 5.78 Å². The Labute approximate surface area is 219 Å². The maximum Gasteiger partial charge on any atom is 0.251 e. The van der Waals surface area contributed by atoms with E-state index in [2.05, 4.69) is 28.8 Å². The Bertz CT molecular complexity index is 1360. The number of carbonyl (C=O) groups is 2. The van der Waals surface area contributed by atoms with Crippen LogP contribution < -0.4 is 10.0 Å². The second kappa shape index (κ2) is 11.5. The Hall–Kier alpha value is -3.07. The van der Waals surface area contributed by atoms with Gasteiger partial charge in [-0.25, -0.2) is 13.1 Å². The summed E-state index contributed by atoms with van der Waals surface area (Å²) >= 11 is 0. The molecule has 0 saturated carbocycles. The number of rotatable bonds is 9. The summed E-state index contributed by atoms with van der Waals surface area (Å²) in [4.78, 5) is 27.3. The van der Waals surface area contributed by atoms with Crippen molar-refractivity contribution in [1.29, 1.82) is 0 Å². The van der Waals surface area contributed by atoms with E-state index in [0.717, 1.165) is 24.6 Å². The summed E-state index contributed by atoms with van der Waals surface area (Å²) in [6, 6.07) is 19.3. The fourth-order valence-electron chi connectivity index (χ4n) is 5.09. The molecule has 0 radical (unpaired) electrons. The molecule has 0 spiro atoms. The zero-order valence-electron chi connectivity index (χ0n) is 21.6. The molecular formula is C29H35N3O4S.